The lowest BCUT2D eigenvalue weighted by atomic mass is 9.91. The van der Waals surface area contributed by atoms with Crippen LogP contribution < -0.4 is 5.32 Å². The van der Waals surface area contributed by atoms with Gasteiger partial charge in [0.15, 0.2) is 0 Å². The Morgan fingerprint density at radius 3 is 2.48 bits per heavy atom. The van der Waals surface area contributed by atoms with Crippen molar-refractivity contribution in [2.24, 2.45) is 0 Å². The van der Waals surface area contributed by atoms with Gasteiger partial charge in [-0.2, -0.15) is 0 Å². The fourth-order valence-corrected chi connectivity index (χ4v) is 3.18. The van der Waals surface area contributed by atoms with E-state index in [1.165, 1.54) is 5.56 Å². The molecule has 0 aliphatic heterocycles. The molecule has 0 spiro atoms. The van der Waals surface area contributed by atoms with Gasteiger partial charge in [-0.1, -0.05) is 69.4 Å². The van der Waals surface area contributed by atoms with Crippen molar-refractivity contribution < 1.29 is 0 Å². The van der Waals surface area contributed by atoms with Crippen molar-refractivity contribution in [2.75, 3.05) is 6.54 Å². The van der Waals surface area contributed by atoms with E-state index in [4.69, 9.17) is 0 Å². The highest BCUT2D eigenvalue weighted by molar-refractivity contribution is 7.11. The van der Waals surface area contributed by atoms with E-state index in [9.17, 15) is 0 Å². The van der Waals surface area contributed by atoms with Crippen LogP contribution in [0.1, 0.15) is 62.2 Å². The first kappa shape index (κ1) is 16.1. The quantitative estimate of drug-likeness (QED) is 0.828. The molecule has 0 saturated carbocycles. The first-order chi connectivity index (χ1) is 10.1. The molecule has 1 N–H and O–H groups in total. The normalized spacial score (nSPS) is 13.3. The van der Waals surface area contributed by atoms with E-state index < -0.39 is 0 Å². The second-order valence-electron chi connectivity index (χ2n) is 5.98. The Bertz CT molecular complexity index is 548. The van der Waals surface area contributed by atoms with E-state index in [1.807, 2.05) is 6.07 Å². The Hall–Kier alpha value is -1.26. The van der Waals surface area contributed by atoms with E-state index in [0.29, 0.717) is 0 Å². The molecule has 0 fully saturated rings. The maximum atomic E-state index is 4.47. The van der Waals surface area contributed by atoms with Crippen LogP contribution in [0.2, 0.25) is 0 Å². The average molecular weight is 303 g/mol. The van der Waals surface area contributed by atoms with Crippen LogP contribution in [-0.4, -0.2) is 16.7 Å². The molecule has 0 saturated heterocycles. The van der Waals surface area contributed by atoms with E-state index >= 15 is 0 Å². The minimum Gasteiger partial charge on any atom is -0.304 e. The number of hydrogen-bond acceptors (Lipinski definition) is 4. The molecular weight excluding hydrogens is 278 g/mol. The summed E-state index contributed by atoms with van der Waals surface area (Å²) < 4.78 is 0. The molecule has 0 radical (unpaired) electrons. The van der Waals surface area contributed by atoms with Gasteiger partial charge < -0.3 is 5.32 Å². The average Bonchev–Trinajstić information content (AvgIpc) is 2.99. The van der Waals surface area contributed by atoms with Crippen molar-refractivity contribution >= 4 is 11.3 Å². The first-order valence-corrected chi connectivity index (χ1v) is 8.52. The molecule has 0 amide bonds. The summed E-state index contributed by atoms with van der Waals surface area (Å²) in [6.45, 7) is 9.82. The summed E-state index contributed by atoms with van der Waals surface area (Å²) >= 11 is 1.73. The molecule has 0 aliphatic rings. The topological polar surface area (TPSA) is 37.8 Å². The molecule has 0 aliphatic carbocycles. The third-order valence-electron chi connectivity index (χ3n) is 3.88. The van der Waals surface area contributed by atoms with Crippen molar-refractivity contribution in [3.63, 3.8) is 0 Å². The Balaban J connectivity index is 2.29. The SMILES string of the molecule is CCCNC(c1ccccc1)c1nnc(C(C)(C)CC)s1. The molecule has 114 valence electrons. The summed E-state index contributed by atoms with van der Waals surface area (Å²) in [5.41, 5.74) is 1.35. The molecule has 2 rings (SSSR count). The van der Waals surface area contributed by atoms with Gasteiger partial charge in [-0.25, -0.2) is 0 Å². The smallest absolute Gasteiger partial charge is 0.139 e. The lowest BCUT2D eigenvalue weighted by Gasteiger charge is -2.18. The molecular formula is C17H25N3S. The number of nitrogens with one attached hydrogen (secondary N) is 1. The maximum absolute atomic E-state index is 4.47. The van der Waals surface area contributed by atoms with Crippen LogP contribution in [0.5, 0.6) is 0 Å². The van der Waals surface area contributed by atoms with E-state index in [1.54, 1.807) is 11.3 Å². The minimum absolute atomic E-state index is 0.0991. The van der Waals surface area contributed by atoms with Crippen LogP contribution in [0.3, 0.4) is 0 Å². The molecule has 1 heterocycles. The lowest BCUT2D eigenvalue weighted by molar-refractivity contribution is 0.498. The first-order valence-electron chi connectivity index (χ1n) is 7.70. The van der Waals surface area contributed by atoms with Gasteiger partial charge in [-0.05, 0) is 24.9 Å². The van der Waals surface area contributed by atoms with Gasteiger partial charge in [0.05, 0.1) is 6.04 Å². The Labute approximate surface area is 131 Å². The molecule has 2 aromatic rings. The molecule has 21 heavy (non-hydrogen) atoms. The largest absolute Gasteiger partial charge is 0.304 e. The standard InChI is InChI=1S/C17H25N3S/c1-5-12-18-14(13-10-8-7-9-11-13)15-19-20-16(21-15)17(3,4)6-2/h7-11,14,18H,5-6,12H2,1-4H3. The van der Waals surface area contributed by atoms with E-state index in [0.717, 1.165) is 29.4 Å². The fraction of sp³-hybridized carbons (Fsp3) is 0.529. The summed E-state index contributed by atoms with van der Waals surface area (Å²) in [5.74, 6) is 0. The van der Waals surface area contributed by atoms with E-state index in [-0.39, 0.29) is 11.5 Å². The lowest BCUT2D eigenvalue weighted by Crippen LogP contribution is -2.23. The monoisotopic (exact) mass is 303 g/mol. The van der Waals surface area contributed by atoms with Gasteiger partial charge in [0.25, 0.3) is 0 Å². The van der Waals surface area contributed by atoms with E-state index in [2.05, 4.69) is 67.5 Å². The number of benzene rings is 1. The molecule has 3 nitrogen and oxygen atoms in total. The summed E-state index contributed by atoms with van der Waals surface area (Å²) in [7, 11) is 0. The maximum Gasteiger partial charge on any atom is 0.139 e. The van der Waals surface area contributed by atoms with Crippen LogP contribution >= 0.6 is 11.3 Å². The second kappa shape index (κ2) is 7.14. The molecule has 1 unspecified atom stereocenters. The van der Waals surface area contributed by atoms with Crippen LogP contribution in [0.15, 0.2) is 30.3 Å². The number of rotatable bonds is 7. The molecule has 1 aromatic heterocycles. The summed E-state index contributed by atoms with van der Waals surface area (Å²) in [5, 5.41) is 14.7. The number of nitrogens with zero attached hydrogens (tertiary/aromatic N) is 2. The zero-order chi connectivity index (χ0) is 15.3. The zero-order valence-electron chi connectivity index (χ0n) is 13.4. The second-order valence-corrected chi connectivity index (χ2v) is 6.99. The minimum atomic E-state index is 0.0991. The summed E-state index contributed by atoms with van der Waals surface area (Å²) in [4.78, 5) is 0. The van der Waals surface area contributed by atoms with Gasteiger partial charge >= 0.3 is 0 Å². The highest BCUT2D eigenvalue weighted by atomic mass is 32.1. The van der Waals surface area contributed by atoms with Crippen LogP contribution in [0.25, 0.3) is 0 Å². The third-order valence-corrected chi connectivity index (χ3v) is 5.24. The fourth-order valence-electron chi connectivity index (χ4n) is 2.06. The Morgan fingerprint density at radius 2 is 1.86 bits per heavy atom. The summed E-state index contributed by atoms with van der Waals surface area (Å²) in [6.07, 6.45) is 2.18. The summed E-state index contributed by atoms with van der Waals surface area (Å²) in [6, 6.07) is 10.7. The molecule has 1 atom stereocenters. The molecule has 4 heteroatoms. The van der Waals surface area contributed by atoms with Crippen molar-refractivity contribution in [2.45, 2.75) is 52.0 Å². The van der Waals surface area contributed by atoms with Gasteiger partial charge in [0.2, 0.25) is 0 Å². The number of aromatic nitrogens is 2. The van der Waals surface area contributed by atoms with Crippen molar-refractivity contribution in [1.29, 1.82) is 0 Å². The van der Waals surface area contributed by atoms with Crippen LogP contribution in [0.4, 0.5) is 0 Å². The van der Waals surface area contributed by atoms with Gasteiger partial charge in [0, 0.05) is 5.41 Å². The van der Waals surface area contributed by atoms with Gasteiger partial charge in [-0.15, -0.1) is 10.2 Å². The third kappa shape index (κ3) is 3.89. The number of hydrogen-bond donors (Lipinski definition) is 1. The van der Waals surface area contributed by atoms with Crippen molar-refractivity contribution in [1.82, 2.24) is 15.5 Å². The highest BCUT2D eigenvalue weighted by Crippen LogP contribution is 2.32. The van der Waals surface area contributed by atoms with Crippen molar-refractivity contribution in [3.8, 4) is 0 Å². The Kier molecular flexibility index (Phi) is 5.48. The molecule has 0 bridgehead atoms. The van der Waals surface area contributed by atoms with Crippen LogP contribution in [-0.2, 0) is 5.41 Å². The van der Waals surface area contributed by atoms with Gasteiger partial charge in [-0.3, -0.25) is 0 Å². The van der Waals surface area contributed by atoms with Crippen molar-refractivity contribution in [3.05, 3.63) is 45.9 Å². The van der Waals surface area contributed by atoms with Crippen LogP contribution in [0, 0.1) is 0 Å². The predicted molar refractivity (Wildman–Crippen MR) is 89.8 cm³/mol. The highest BCUT2D eigenvalue weighted by Gasteiger charge is 2.26. The molecule has 1 aromatic carbocycles. The zero-order valence-corrected chi connectivity index (χ0v) is 14.2. The predicted octanol–water partition coefficient (Wildman–Crippen LogP) is 4.31. The Morgan fingerprint density at radius 1 is 1.14 bits per heavy atom. The van der Waals surface area contributed by atoms with Gasteiger partial charge in [0.1, 0.15) is 10.0 Å².